The number of aryl methyl sites for hydroxylation is 3. The van der Waals surface area contributed by atoms with E-state index in [0.29, 0.717) is 0 Å². The van der Waals surface area contributed by atoms with Crippen molar-refractivity contribution in [3.63, 3.8) is 0 Å². The molecule has 0 fully saturated rings. The van der Waals surface area contributed by atoms with Gasteiger partial charge in [-0.05, 0) is 44.4 Å². The number of thiophene rings is 2. The Hall–Kier alpha value is -0.600. The second-order valence-electron chi connectivity index (χ2n) is 2.88. The molecule has 2 aromatic heterocycles. The van der Waals surface area contributed by atoms with Gasteiger partial charge in [0.15, 0.2) is 0 Å². The molecule has 0 aromatic carbocycles. The molecule has 0 spiro atoms. The summed E-state index contributed by atoms with van der Waals surface area (Å²) in [5.41, 5.74) is 0. The van der Waals surface area contributed by atoms with Crippen LogP contribution < -0.4 is 0 Å². The fraction of sp³-hybridized carbons (Fsp3) is 0.273. The van der Waals surface area contributed by atoms with Gasteiger partial charge in [-0.2, -0.15) is 0 Å². The van der Waals surface area contributed by atoms with Crippen LogP contribution in [0.15, 0.2) is 29.6 Å². The van der Waals surface area contributed by atoms with Gasteiger partial charge in [-0.3, -0.25) is 0 Å². The average Bonchev–Trinajstić information content (AvgIpc) is 2.64. The van der Waals surface area contributed by atoms with Crippen LogP contribution in [0.4, 0.5) is 0 Å². The second kappa shape index (κ2) is 5.20. The third-order valence-electron chi connectivity index (χ3n) is 1.54. The van der Waals surface area contributed by atoms with E-state index in [4.69, 9.17) is 0 Å². The molecule has 2 heteroatoms. The molecule has 0 aliphatic heterocycles. The highest BCUT2D eigenvalue weighted by Crippen LogP contribution is 2.12. The van der Waals surface area contributed by atoms with Gasteiger partial charge in [-0.1, -0.05) is 6.07 Å². The van der Waals surface area contributed by atoms with E-state index < -0.39 is 0 Å². The third kappa shape index (κ3) is 4.25. The third-order valence-corrected chi connectivity index (χ3v) is 3.26. The maximum atomic E-state index is 2.14. The summed E-state index contributed by atoms with van der Waals surface area (Å²) in [5.74, 6) is 0. The Morgan fingerprint density at radius 2 is 1.46 bits per heavy atom. The number of rotatable bonds is 0. The summed E-state index contributed by atoms with van der Waals surface area (Å²) >= 11 is 3.62. The molecule has 0 amide bonds. The zero-order valence-electron chi connectivity index (χ0n) is 8.20. The fourth-order valence-electron chi connectivity index (χ4n) is 0.917. The van der Waals surface area contributed by atoms with E-state index in [1.54, 1.807) is 11.3 Å². The molecule has 0 unspecified atom stereocenters. The normalized spacial score (nSPS) is 9.15. The largest absolute Gasteiger partial charge is 0.149 e. The SMILES string of the molecule is Cc1ccc(C)s1.Cc1cccs1. The van der Waals surface area contributed by atoms with Gasteiger partial charge in [0, 0.05) is 14.6 Å². The first-order chi connectivity index (χ1) is 6.18. The van der Waals surface area contributed by atoms with Crippen LogP contribution in [-0.2, 0) is 0 Å². The Labute approximate surface area is 87.9 Å². The first kappa shape index (κ1) is 10.5. The Kier molecular flexibility index (Phi) is 4.19. The van der Waals surface area contributed by atoms with Crippen molar-refractivity contribution in [2.75, 3.05) is 0 Å². The summed E-state index contributed by atoms with van der Waals surface area (Å²) < 4.78 is 0. The lowest BCUT2D eigenvalue weighted by molar-refractivity contribution is 1.61. The van der Waals surface area contributed by atoms with Crippen LogP contribution in [0.1, 0.15) is 14.6 Å². The van der Waals surface area contributed by atoms with Gasteiger partial charge in [-0.15, -0.1) is 22.7 Å². The van der Waals surface area contributed by atoms with Crippen molar-refractivity contribution in [1.82, 2.24) is 0 Å². The molecule has 0 aliphatic rings. The van der Waals surface area contributed by atoms with Crippen LogP contribution in [0.5, 0.6) is 0 Å². The van der Waals surface area contributed by atoms with E-state index in [0.717, 1.165) is 0 Å². The van der Waals surface area contributed by atoms with Crippen LogP contribution in [0.25, 0.3) is 0 Å². The van der Waals surface area contributed by atoms with Crippen molar-refractivity contribution < 1.29 is 0 Å². The van der Waals surface area contributed by atoms with Crippen LogP contribution >= 0.6 is 22.7 Å². The van der Waals surface area contributed by atoms with Gasteiger partial charge >= 0.3 is 0 Å². The van der Waals surface area contributed by atoms with Gasteiger partial charge < -0.3 is 0 Å². The molecule has 0 saturated carbocycles. The summed E-state index contributed by atoms with van der Waals surface area (Å²) in [6.45, 7) is 6.35. The quantitative estimate of drug-likeness (QED) is 0.604. The van der Waals surface area contributed by atoms with Gasteiger partial charge in [0.05, 0.1) is 0 Å². The Bertz CT molecular complexity index is 314. The van der Waals surface area contributed by atoms with Crippen LogP contribution in [0.2, 0.25) is 0 Å². The Balaban J connectivity index is 0.000000132. The van der Waals surface area contributed by atoms with E-state index in [1.807, 2.05) is 11.3 Å². The molecule has 0 saturated heterocycles. The molecule has 13 heavy (non-hydrogen) atoms. The first-order valence-electron chi connectivity index (χ1n) is 4.21. The maximum absolute atomic E-state index is 2.14. The molecular weight excluding hydrogens is 196 g/mol. The minimum absolute atomic E-state index is 1.38. The van der Waals surface area contributed by atoms with E-state index in [9.17, 15) is 0 Å². The van der Waals surface area contributed by atoms with Crippen LogP contribution in [0, 0.1) is 20.8 Å². The predicted molar refractivity (Wildman–Crippen MR) is 62.8 cm³/mol. The minimum atomic E-state index is 1.38. The summed E-state index contributed by atoms with van der Waals surface area (Å²) in [6, 6.07) is 8.44. The zero-order chi connectivity index (χ0) is 9.68. The van der Waals surface area contributed by atoms with Crippen molar-refractivity contribution in [3.8, 4) is 0 Å². The standard InChI is InChI=1S/C6H8S.C5H6S/c1-5-3-4-6(2)7-5;1-5-3-2-4-6-5/h3-4H,1-2H3;2-4H,1H3. The summed E-state index contributed by atoms with van der Waals surface area (Å²) in [7, 11) is 0. The fourth-order valence-corrected chi connectivity index (χ4v) is 2.23. The van der Waals surface area contributed by atoms with Crippen molar-refractivity contribution in [3.05, 3.63) is 44.3 Å². The molecule has 0 aliphatic carbocycles. The van der Waals surface area contributed by atoms with Gasteiger partial charge in [-0.25, -0.2) is 0 Å². The van der Waals surface area contributed by atoms with Gasteiger partial charge in [0.25, 0.3) is 0 Å². The smallest absolute Gasteiger partial charge is 0.00170 e. The molecule has 0 atom stereocenters. The molecule has 0 bridgehead atoms. The highest BCUT2D eigenvalue weighted by atomic mass is 32.1. The average molecular weight is 210 g/mol. The highest BCUT2D eigenvalue weighted by molar-refractivity contribution is 7.11. The molecule has 2 aromatic rings. The number of hydrogen-bond donors (Lipinski definition) is 0. The lowest BCUT2D eigenvalue weighted by Gasteiger charge is -1.71. The summed E-state index contributed by atoms with van der Waals surface area (Å²) in [4.78, 5) is 4.19. The molecule has 70 valence electrons. The van der Waals surface area contributed by atoms with Crippen molar-refractivity contribution in [2.24, 2.45) is 0 Å². The first-order valence-corrected chi connectivity index (χ1v) is 5.91. The van der Waals surface area contributed by atoms with Gasteiger partial charge in [0.1, 0.15) is 0 Å². The Morgan fingerprint density at radius 1 is 0.846 bits per heavy atom. The van der Waals surface area contributed by atoms with Crippen LogP contribution in [-0.4, -0.2) is 0 Å². The number of hydrogen-bond acceptors (Lipinski definition) is 2. The van der Waals surface area contributed by atoms with Crippen molar-refractivity contribution in [2.45, 2.75) is 20.8 Å². The van der Waals surface area contributed by atoms with E-state index in [-0.39, 0.29) is 0 Å². The minimum Gasteiger partial charge on any atom is -0.149 e. The highest BCUT2D eigenvalue weighted by Gasteiger charge is 1.84. The topological polar surface area (TPSA) is 0 Å². The maximum Gasteiger partial charge on any atom is 0.00170 e. The molecular formula is C11H14S2. The van der Waals surface area contributed by atoms with Crippen LogP contribution in [0.3, 0.4) is 0 Å². The van der Waals surface area contributed by atoms with E-state index in [1.165, 1.54) is 14.6 Å². The second-order valence-corrected chi connectivity index (χ2v) is 5.52. The summed E-state index contributed by atoms with van der Waals surface area (Å²) in [5, 5.41) is 2.08. The summed E-state index contributed by atoms with van der Waals surface area (Å²) in [6.07, 6.45) is 0. The lowest BCUT2D eigenvalue weighted by Crippen LogP contribution is -1.44. The molecule has 2 heterocycles. The monoisotopic (exact) mass is 210 g/mol. The van der Waals surface area contributed by atoms with Crippen molar-refractivity contribution in [1.29, 1.82) is 0 Å². The van der Waals surface area contributed by atoms with Gasteiger partial charge in [0.2, 0.25) is 0 Å². The zero-order valence-corrected chi connectivity index (χ0v) is 9.84. The molecule has 0 N–H and O–H groups in total. The predicted octanol–water partition coefficient (Wildman–Crippen LogP) is 4.42. The van der Waals surface area contributed by atoms with E-state index in [2.05, 4.69) is 50.4 Å². The molecule has 2 rings (SSSR count). The van der Waals surface area contributed by atoms with Crippen molar-refractivity contribution >= 4 is 22.7 Å². The Morgan fingerprint density at radius 3 is 1.62 bits per heavy atom. The molecule has 0 nitrogen and oxygen atoms in total. The van der Waals surface area contributed by atoms with E-state index >= 15 is 0 Å². The molecule has 0 radical (unpaired) electrons. The lowest BCUT2D eigenvalue weighted by atomic mass is 10.5.